The van der Waals surface area contributed by atoms with Crippen molar-refractivity contribution in [2.24, 2.45) is 0 Å². The highest BCUT2D eigenvalue weighted by atomic mass is 32.1. The molecular formula is C27H42F2N2O3S. The van der Waals surface area contributed by atoms with Crippen molar-refractivity contribution in [2.75, 3.05) is 27.7 Å². The van der Waals surface area contributed by atoms with Crippen LogP contribution in [0.15, 0.2) is 49.6 Å². The van der Waals surface area contributed by atoms with Gasteiger partial charge < -0.3 is 25.6 Å². The number of aliphatic hydroxyl groups is 2. The predicted octanol–water partition coefficient (Wildman–Crippen LogP) is 5.14. The Morgan fingerprint density at radius 1 is 1.03 bits per heavy atom. The lowest BCUT2D eigenvalue weighted by Crippen LogP contribution is -2.27. The van der Waals surface area contributed by atoms with E-state index in [0.717, 1.165) is 32.2 Å². The van der Waals surface area contributed by atoms with Crippen LogP contribution in [0.1, 0.15) is 49.8 Å². The van der Waals surface area contributed by atoms with Crippen molar-refractivity contribution in [3.05, 3.63) is 77.9 Å². The Bertz CT molecular complexity index is 805. The van der Waals surface area contributed by atoms with Crippen LogP contribution in [0.2, 0.25) is 0 Å². The van der Waals surface area contributed by atoms with Crippen LogP contribution in [0.5, 0.6) is 5.75 Å². The zero-order valence-electron chi connectivity index (χ0n) is 21.8. The number of hydrogen-bond donors (Lipinski definition) is 4. The summed E-state index contributed by atoms with van der Waals surface area (Å²) in [6.07, 6.45) is 1.51. The quantitative estimate of drug-likeness (QED) is 0.201. The fraction of sp³-hybridized carbons (Fsp3) is 0.444. The minimum absolute atomic E-state index is 0.0245. The second kappa shape index (κ2) is 20.0. The molecule has 35 heavy (non-hydrogen) atoms. The third kappa shape index (κ3) is 14.7. The number of benzene rings is 2. The predicted molar refractivity (Wildman–Crippen MR) is 146 cm³/mol. The van der Waals surface area contributed by atoms with Gasteiger partial charge in [-0.15, -0.1) is 13.2 Å². The van der Waals surface area contributed by atoms with Crippen LogP contribution < -0.4 is 15.4 Å². The summed E-state index contributed by atoms with van der Waals surface area (Å²) < 4.78 is 33.3. The molecule has 0 bridgehead atoms. The number of nitrogens with one attached hydrogen (secondary N) is 2. The number of aliphatic hydroxyl groups excluding tert-OH is 1. The first-order valence-electron chi connectivity index (χ1n) is 11.3. The van der Waals surface area contributed by atoms with Crippen LogP contribution in [0.25, 0.3) is 0 Å². The Kier molecular flexibility index (Phi) is 20.0. The fourth-order valence-electron chi connectivity index (χ4n) is 3.06. The molecule has 2 rings (SSSR count). The van der Waals surface area contributed by atoms with Crippen molar-refractivity contribution in [3.63, 3.8) is 0 Å². The van der Waals surface area contributed by atoms with Gasteiger partial charge in [0.25, 0.3) is 0 Å². The first-order chi connectivity index (χ1) is 16.6. The molecule has 1 unspecified atom stereocenters. The molecule has 8 heteroatoms. The van der Waals surface area contributed by atoms with E-state index in [1.807, 2.05) is 7.05 Å². The molecule has 0 radical (unpaired) electrons. The van der Waals surface area contributed by atoms with Crippen molar-refractivity contribution < 1.29 is 23.7 Å². The molecular weight excluding hydrogens is 470 g/mol. The van der Waals surface area contributed by atoms with Gasteiger partial charge in [0.1, 0.15) is 17.4 Å². The van der Waals surface area contributed by atoms with Gasteiger partial charge in [-0.3, -0.25) is 0 Å². The summed E-state index contributed by atoms with van der Waals surface area (Å²) >= 11 is 4.77. The Labute approximate surface area is 215 Å². The number of likely N-dealkylation sites (N-methyl/N-ethyl adjacent to an activating group) is 1. The molecule has 0 saturated carbocycles. The van der Waals surface area contributed by atoms with Gasteiger partial charge in [0.05, 0.1) is 0 Å². The maximum atomic E-state index is 14.1. The fourth-order valence-corrected chi connectivity index (χ4v) is 3.29. The molecule has 0 aliphatic heterocycles. The average molecular weight is 513 g/mol. The summed E-state index contributed by atoms with van der Waals surface area (Å²) in [5.41, 5.74) is 2.73. The number of hydrogen-bond acceptors (Lipinski definition) is 6. The summed E-state index contributed by atoms with van der Waals surface area (Å²) in [5.74, 6) is -3.35. The van der Waals surface area contributed by atoms with Crippen molar-refractivity contribution in [2.45, 2.75) is 51.9 Å². The zero-order valence-corrected chi connectivity index (χ0v) is 22.6. The monoisotopic (exact) mass is 512 g/mol. The van der Waals surface area contributed by atoms with Gasteiger partial charge >= 0.3 is 0 Å². The average Bonchev–Trinajstić information content (AvgIpc) is 2.81. The number of ether oxygens (including phenoxy) is 1. The summed E-state index contributed by atoms with van der Waals surface area (Å²) in [7, 11) is 4.67. The summed E-state index contributed by atoms with van der Waals surface area (Å²) in [5, 5.41) is 24.0. The second-order valence-electron chi connectivity index (χ2n) is 7.71. The molecule has 0 fully saturated rings. The topological polar surface area (TPSA) is 73.8 Å². The molecule has 198 valence electrons. The Morgan fingerprint density at radius 2 is 1.51 bits per heavy atom. The van der Waals surface area contributed by atoms with Crippen LogP contribution in [0.4, 0.5) is 8.78 Å². The SMILES string of the molecule is C=C.CCc1ccc(CNC)cc1.CNCC(CC=S)c1c(F)cc(OC(C)(C)O)cc1F.CO. The first-order valence-corrected chi connectivity index (χ1v) is 11.8. The zero-order chi connectivity index (χ0) is 27.4. The maximum Gasteiger partial charge on any atom is 0.202 e. The van der Waals surface area contributed by atoms with E-state index >= 15 is 0 Å². The molecule has 4 N–H and O–H groups in total. The standard InChI is InChI=1S/C14H19F2NO2S.C10H15N.C2H4.CH4O/c1-14(2,18)19-10-6-11(15)13(12(16)7-10)9(4-5-20)8-17-3;1-3-9-4-6-10(7-5-9)8-11-2;2*1-2/h5-7,9,17-18H,4,8H2,1-3H3;4-7,11H,3,8H2,1-2H3;1-2H2;2H,1H3. The number of rotatable bonds is 10. The summed E-state index contributed by atoms with van der Waals surface area (Å²) in [4.78, 5) is 0. The lowest BCUT2D eigenvalue weighted by molar-refractivity contribution is -0.104. The van der Waals surface area contributed by atoms with Crippen LogP contribution in [-0.4, -0.2) is 49.1 Å². The van der Waals surface area contributed by atoms with Gasteiger partial charge in [-0.2, -0.15) is 0 Å². The smallest absolute Gasteiger partial charge is 0.202 e. The Morgan fingerprint density at radius 3 is 1.89 bits per heavy atom. The summed E-state index contributed by atoms with van der Waals surface area (Å²) in [6.45, 7) is 12.3. The molecule has 0 aliphatic rings. The van der Waals surface area contributed by atoms with Gasteiger partial charge in [0, 0.05) is 57.7 Å². The van der Waals surface area contributed by atoms with Crippen molar-refractivity contribution in [1.29, 1.82) is 0 Å². The first kappa shape index (κ1) is 34.9. The molecule has 0 aromatic heterocycles. The highest BCUT2D eigenvalue weighted by Crippen LogP contribution is 2.29. The number of aryl methyl sites for hydroxylation is 1. The molecule has 0 heterocycles. The van der Waals surface area contributed by atoms with Crippen LogP contribution in [-0.2, 0) is 13.0 Å². The van der Waals surface area contributed by atoms with Crippen LogP contribution in [0, 0.1) is 11.6 Å². The van der Waals surface area contributed by atoms with E-state index < -0.39 is 17.4 Å². The Balaban J connectivity index is 0. The van der Waals surface area contributed by atoms with Gasteiger partial charge in [0.2, 0.25) is 5.79 Å². The van der Waals surface area contributed by atoms with E-state index in [2.05, 4.69) is 55.0 Å². The third-order valence-electron chi connectivity index (χ3n) is 4.47. The lowest BCUT2D eigenvalue weighted by Gasteiger charge is -2.22. The normalized spacial score (nSPS) is 10.9. The highest BCUT2D eigenvalue weighted by molar-refractivity contribution is 7.78. The maximum absolute atomic E-state index is 14.1. The van der Waals surface area contributed by atoms with Gasteiger partial charge in [-0.1, -0.05) is 43.4 Å². The van der Waals surface area contributed by atoms with E-state index in [9.17, 15) is 13.9 Å². The van der Waals surface area contributed by atoms with E-state index in [4.69, 9.17) is 22.1 Å². The van der Waals surface area contributed by atoms with Crippen molar-refractivity contribution in [1.82, 2.24) is 10.6 Å². The lowest BCUT2D eigenvalue weighted by atomic mass is 9.95. The summed E-state index contributed by atoms with van der Waals surface area (Å²) in [6, 6.07) is 10.9. The van der Waals surface area contributed by atoms with Gasteiger partial charge in [-0.25, -0.2) is 8.78 Å². The van der Waals surface area contributed by atoms with Gasteiger partial charge in [-0.05, 0) is 43.4 Å². The largest absolute Gasteiger partial charge is 0.463 e. The molecule has 5 nitrogen and oxygen atoms in total. The molecule has 2 aromatic rings. The van der Waals surface area contributed by atoms with E-state index in [-0.39, 0.29) is 17.2 Å². The minimum Gasteiger partial charge on any atom is -0.463 e. The van der Waals surface area contributed by atoms with Crippen LogP contribution >= 0.6 is 12.2 Å². The van der Waals surface area contributed by atoms with Crippen LogP contribution in [0.3, 0.4) is 0 Å². The van der Waals surface area contributed by atoms with Crippen molar-refractivity contribution >= 4 is 17.6 Å². The van der Waals surface area contributed by atoms with E-state index in [0.29, 0.717) is 13.0 Å². The number of halogens is 2. The molecule has 0 spiro atoms. The molecule has 1 atom stereocenters. The minimum atomic E-state index is -1.50. The highest BCUT2D eigenvalue weighted by Gasteiger charge is 2.22. The second-order valence-corrected chi connectivity index (χ2v) is 8.04. The molecule has 0 saturated heterocycles. The van der Waals surface area contributed by atoms with E-state index in [1.54, 1.807) is 7.05 Å². The molecule has 2 aromatic carbocycles. The number of thiocarbonyl (C=S) groups is 1. The molecule has 0 aliphatic carbocycles. The Hall–Kier alpha value is -2.23. The molecule has 0 amide bonds. The van der Waals surface area contributed by atoms with E-state index in [1.165, 1.54) is 30.3 Å². The van der Waals surface area contributed by atoms with Crippen molar-refractivity contribution in [3.8, 4) is 5.75 Å². The van der Waals surface area contributed by atoms with Gasteiger partial charge in [0.15, 0.2) is 0 Å². The third-order valence-corrected chi connectivity index (χ3v) is 4.66.